The van der Waals surface area contributed by atoms with Gasteiger partial charge in [-0.15, -0.1) is 0 Å². The number of hydrogen-bond acceptors (Lipinski definition) is 0. The Morgan fingerprint density at radius 2 is 1.61 bits per heavy atom. The Kier molecular flexibility index (Phi) is 3.59. The molecule has 0 nitrogen and oxygen atoms in total. The van der Waals surface area contributed by atoms with Gasteiger partial charge in [0.05, 0.1) is 0 Å². The lowest BCUT2D eigenvalue weighted by atomic mass is 9.80. The van der Waals surface area contributed by atoms with Crippen LogP contribution < -0.4 is 0 Å². The third kappa shape index (κ3) is 2.26. The summed E-state index contributed by atoms with van der Waals surface area (Å²) in [5.41, 5.74) is 14.0. The second kappa shape index (κ2) is 5.51. The summed E-state index contributed by atoms with van der Waals surface area (Å²) >= 11 is 0. The first-order chi connectivity index (χ1) is 11.1. The molecule has 0 heterocycles. The van der Waals surface area contributed by atoms with Crippen molar-refractivity contribution < 1.29 is 0 Å². The molecular weight excluding hydrogens is 276 g/mol. The molecular formula is C23H28. The molecule has 0 heteroatoms. The number of fused-ring (bicyclic) bond motifs is 3. The SMILES string of the molecule is Cc1ccc2c3c1-c1cc(c(C)c(C)c1C)CCCCC3CC2. The van der Waals surface area contributed by atoms with E-state index in [1.165, 1.54) is 66.3 Å². The van der Waals surface area contributed by atoms with E-state index in [-0.39, 0.29) is 0 Å². The predicted molar refractivity (Wildman–Crippen MR) is 99.4 cm³/mol. The molecule has 0 N–H and O–H groups in total. The molecule has 1 atom stereocenters. The first-order valence-corrected chi connectivity index (χ1v) is 9.30. The fourth-order valence-corrected chi connectivity index (χ4v) is 4.92. The minimum atomic E-state index is 0.794. The van der Waals surface area contributed by atoms with E-state index in [0.29, 0.717) is 0 Å². The Bertz CT molecular complexity index is 779. The normalized spacial score (nSPS) is 19.6. The molecule has 4 rings (SSSR count). The molecule has 2 aromatic rings. The summed E-state index contributed by atoms with van der Waals surface area (Å²) in [6.45, 7) is 9.28. The molecule has 0 radical (unpaired) electrons. The highest BCUT2D eigenvalue weighted by Crippen LogP contribution is 2.46. The monoisotopic (exact) mass is 304 g/mol. The van der Waals surface area contributed by atoms with Crippen molar-refractivity contribution in [3.05, 3.63) is 57.1 Å². The molecule has 2 aliphatic carbocycles. The molecule has 0 fully saturated rings. The summed E-state index contributed by atoms with van der Waals surface area (Å²) in [6.07, 6.45) is 7.99. The van der Waals surface area contributed by atoms with Crippen LogP contribution in [0.15, 0.2) is 18.2 Å². The molecule has 2 aliphatic rings. The van der Waals surface area contributed by atoms with Crippen LogP contribution in [-0.2, 0) is 12.8 Å². The molecule has 0 spiro atoms. The van der Waals surface area contributed by atoms with Crippen molar-refractivity contribution in [1.82, 2.24) is 0 Å². The predicted octanol–water partition coefficient (Wildman–Crippen LogP) is 6.34. The van der Waals surface area contributed by atoms with Crippen LogP contribution in [0.4, 0.5) is 0 Å². The number of benzene rings is 2. The lowest BCUT2D eigenvalue weighted by Gasteiger charge is -2.24. The van der Waals surface area contributed by atoms with Crippen molar-refractivity contribution >= 4 is 0 Å². The quantitative estimate of drug-likeness (QED) is 0.532. The maximum absolute atomic E-state index is 2.53. The van der Waals surface area contributed by atoms with Gasteiger partial charge in [0.25, 0.3) is 0 Å². The topological polar surface area (TPSA) is 0 Å². The van der Waals surface area contributed by atoms with Gasteiger partial charge in [0.2, 0.25) is 0 Å². The second-order valence-electron chi connectivity index (χ2n) is 7.77. The van der Waals surface area contributed by atoms with Crippen molar-refractivity contribution in [2.24, 2.45) is 0 Å². The summed E-state index contributed by atoms with van der Waals surface area (Å²) in [5, 5.41) is 0. The molecule has 23 heavy (non-hydrogen) atoms. The average Bonchev–Trinajstić information content (AvgIpc) is 2.95. The van der Waals surface area contributed by atoms with Gasteiger partial charge < -0.3 is 0 Å². The van der Waals surface area contributed by atoms with E-state index in [9.17, 15) is 0 Å². The van der Waals surface area contributed by atoms with Crippen molar-refractivity contribution in [3.8, 4) is 11.1 Å². The Hall–Kier alpha value is -1.56. The van der Waals surface area contributed by atoms with Gasteiger partial charge in [-0.3, -0.25) is 0 Å². The van der Waals surface area contributed by atoms with Crippen LogP contribution in [0.1, 0.15) is 70.5 Å². The Morgan fingerprint density at radius 1 is 0.783 bits per heavy atom. The van der Waals surface area contributed by atoms with E-state index in [0.717, 1.165) is 5.92 Å². The van der Waals surface area contributed by atoms with E-state index in [1.54, 1.807) is 22.3 Å². The van der Waals surface area contributed by atoms with Crippen molar-refractivity contribution in [2.75, 3.05) is 0 Å². The molecule has 0 aliphatic heterocycles. The van der Waals surface area contributed by atoms with Crippen molar-refractivity contribution in [2.45, 2.75) is 72.1 Å². The highest BCUT2D eigenvalue weighted by atomic mass is 14.3. The summed E-state index contributed by atoms with van der Waals surface area (Å²) < 4.78 is 0. The van der Waals surface area contributed by atoms with Crippen molar-refractivity contribution in [1.29, 1.82) is 0 Å². The molecule has 0 aromatic heterocycles. The van der Waals surface area contributed by atoms with Gasteiger partial charge in [-0.2, -0.15) is 0 Å². The molecule has 0 amide bonds. The van der Waals surface area contributed by atoms with Crippen LogP contribution in [0, 0.1) is 27.7 Å². The van der Waals surface area contributed by atoms with E-state index >= 15 is 0 Å². The molecule has 1 unspecified atom stereocenters. The van der Waals surface area contributed by atoms with E-state index < -0.39 is 0 Å². The van der Waals surface area contributed by atoms with Gasteiger partial charge in [0.1, 0.15) is 0 Å². The lowest BCUT2D eigenvalue weighted by molar-refractivity contribution is 0.566. The van der Waals surface area contributed by atoms with Gasteiger partial charge in [-0.25, -0.2) is 0 Å². The zero-order chi connectivity index (χ0) is 16.1. The third-order valence-corrected chi connectivity index (χ3v) is 6.56. The maximum Gasteiger partial charge on any atom is -0.0114 e. The van der Waals surface area contributed by atoms with Crippen LogP contribution in [0.3, 0.4) is 0 Å². The molecule has 2 bridgehead atoms. The smallest absolute Gasteiger partial charge is 0.0114 e. The minimum absolute atomic E-state index is 0.794. The lowest BCUT2D eigenvalue weighted by Crippen LogP contribution is -2.05. The van der Waals surface area contributed by atoms with Crippen LogP contribution in [0.25, 0.3) is 11.1 Å². The van der Waals surface area contributed by atoms with Crippen LogP contribution in [-0.4, -0.2) is 0 Å². The third-order valence-electron chi connectivity index (χ3n) is 6.56. The number of rotatable bonds is 0. The molecule has 0 saturated carbocycles. The largest absolute Gasteiger partial charge is 0.0585 e. The van der Waals surface area contributed by atoms with E-state index in [4.69, 9.17) is 0 Å². The van der Waals surface area contributed by atoms with E-state index in [1.807, 2.05) is 0 Å². The van der Waals surface area contributed by atoms with E-state index in [2.05, 4.69) is 45.9 Å². The fraction of sp³-hybridized carbons (Fsp3) is 0.478. The maximum atomic E-state index is 2.53. The highest BCUT2D eigenvalue weighted by molar-refractivity contribution is 5.78. The van der Waals surface area contributed by atoms with Gasteiger partial charge in [-0.05, 0) is 116 Å². The summed E-state index contributed by atoms with van der Waals surface area (Å²) in [6, 6.07) is 7.29. The molecule has 0 saturated heterocycles. The summed E-state index contributed by atoms with van der Waals surface area (Å²) in [5.74, 6) is 0.794. The fourth-order valence-electron chi connectivity index (χ4n) is 4.92. The van der Waals surface area contributed by atoms with Gasteiger partial charge in [0.15, 0.2) is 0 Å². The summed E-state index contributed by atoms with van der Waals surface area (Å²) in [4.78, 5) is 0. The van der Waals surface area contributed by atoms with Gasteiger partial charge in [0, 0.05) is 0 Å². The van der Waals surface area contributed by atoms with Gasteiger partial charge in [-0.1, -0.05) is 24.6 Å². The standard InChI is InChI=1S/C23H28/c1-14-9-10-19-12-11-18-7-5-6-8-20-13-21(22(14)23(18)19)17(4)15(2)16(20)3/h9-10,13,18H,5-8,11-12H2,1-4H3. The minimum Gasteiger partial charge on any atom is -0.0585 e. The average molecular weight is 304 g/mol. The van der Waals surface area contributed by atoms with Crippen LogP contribution in [0.2, 0.25) is 0 Å². The Morgan fingerprint density at radius 3 is 2.43 bits per heavy atom. The van der Waals surface area contributed by atoms with Crippen molar-refractivity contribution in [3.63, 3.8) is 0 Å². The molecule has 2 aromatic carbocycles. The summed E-state index contributed by atoms with van der Waals surface area (Å²) in [7, 11) is 0. The van der Waals surface area contributed by atoms with Crippen LogP contribution >= 0.6 is 0 Å². The van der Waals surface area contributed by atoms with Crippen LogP contribution in [0.5, 0.6) is 0 Å². The number of hydrogen-bond donors (Lipinski definition) is 0. The first kappa shape index (κ1) is 15.0. The Balaban J connectivity index is 2.07. The molecule has 120 valence electrons. The zero-order valence-corrected chi connectivity index (χ0v) is 15.1. The first-order valence-electron chi connectivity index (χ1n) is 9.30. The zero-order valence-electron chi connectivity index (χ0n) is 15.1. The van der Waals surface area contributed by atoms with Gasteiger partial charge >= 0.3 is 0 Å². The second-order valence-corrected chi connectivity index (χ2v) is 7.77. The number of aryl methyl sites for hydroxylation is 3. The Labute approximate surface area is 140 Å². The highest BCUT2D eigenvalue weighted by Gasteiger charge is 2.28.